The summed E-state index contributed by atoms with van der Waals surface area (Å²) in [5, 5.41) is 27.7. The Kier molecular flexibility index (Phi) is 17.4. The van der Waals surface area contributed by atoms with Crippen molar-refractivity contribution in [3.8, 4) is 0 Å². The quantitative estimate of drug-likeness (QED) is 0.280. The van der Waals surface area contributed by atoms with Crippen molar-refractivity contribution in [1.82, 2.24) is 0 Å². The van der Waals surface area contributed by atoms with Gasteiger partial charge in [-0.05, 0) is 18.9 Å². The molecule has 0 saturated carbocycles. The van der Waals surface area contributed by atoms with Crippen molar-refractivity contribution in [2.75, 3.05) is 53.5 Å². The predicted octanol–water partition coefficient (Wildman–Crippen LogP) is 8.01. The summed E-state index contributed by atoms with van der Waals surface area (Å²) in [6.45, 7) is 5.93. The van der Waals surface area contributed by atoms with Crippen molar-refractivity contribution < 1.29 is 29.0 Å². The van der Waals surface area contributed by atoms with Crippen LogP contribution < -0.4 is 0 Å². The first-order valence-corrected chi connectivity index (χ1v) is 16.3. The largest absolute Gasteiger partial charge is 8.00 e. The minimum atomic E-state index is 0. The van der Waals surface area contributed by atoms with Gasteiger partial charge in [-0.3, -0.25) is 0 Å². The number of rotatable bonds is 5. The molecule has 0 bridgehead atoms. The van der Waals surface area contributed by atoms with E-state index in [1.807, 2.05) is 12.2 Å². The number of allylic oxidation sites excluding steroid dienone is 1. The van der Waals surface area contributed by atoms with Gasteiger partial charge in [0.25, 0.3) is 0 Å². The van der Waals surface area contributed by atoms with Gasteiger partial charge < -0.3 is 41.4 Å². The van der Waals surface area contributed by atoms with Crippen LogP contribution >= 0.6 is 0 Å². The van der Waals surface area contributed by atoms with Crippen molar-refractivity contribution in [2.45, 2.75) is 126 Å². The summed E-state index contributed by atoms with van der Waals surface area (Å²) < 4.78 is 10.6. The van der Waals surface area contributed by atoms with Gasteiger partial charge in [-0.2, -0.15) is 29.9 Å². The van der Waals surface area contributed by atoms with Crippen LogP contribution in [0, 0.1) is 0 Å². The molecule has 6 atom stereocenters. The fraction of sp³-hybridized carbons (Fsp3) is 0.875. The van der Waals surface area contributed by atoms with E-state index in [0.717, 1.165) is 57.0 Å². The second-order valence-electron chi connectivity index (χ2n) is 11.9. The maximum atomic E-state index is 5.39. The molecule has 0 spiro atoms. The first-order valence-electron chi connectivity index (χ1n) is 16.3. The van der Waals surface area contributed by atoms with Crippen LogP contribution in [0.5, 0.6) is 0 Å². The van der Waals surface area contributed by atoms with Gasteiger partial charge in [0.2, 0.25) is 0 Å². The summed E-state index contributed by atoms with van der Waals surface area (Å²) in [4.78, 5) is 0. The number of hydrogen-bond donors (Lipinski definition) is 0. The molecule has 0 amide bonds. The van der Waals surface area contributed by atoms with E-state index in [1.54, 1.807) is 14.2 Å². The summed E-state index contributed by atoms with van der Waals surface area (Å²) in [5.41, 5.74) is 1.03. The topological polar surface area (TPSA) is 103 Å². The zero-order valence-corrected chi connectivity index (χ0v) is 27.4. The normalized spacial score (nSPS) is 34.0. The van der Waals surface area contributed by atoms with Gasteiger partial charge in [0.05, 0.1) is 13.2 Å². The summed E-state index contributed by atoms with van der Waals surface area (Å²) in [6, 6.07) is 2.56. The molecule has 6 aliphatic rings. The van der Waals surface area contributed by atoms with Gasteiger partial charge in [0.1, 0.15) is 5.76 Å². The zero-order valence-electron chi connectivity index (χ0n) is 25.6. The Hall–Kier alpha value is -0.537. The first kappa shape index (κ1) is 34.9. The molecule has 41 heavy (non-hydrogen) atoms. The molecule has 6 unspecified atom stereocenters. The molecule has 0 aromatic rings. The van der Waals surface area contributed by atoms with E-state index in [1.165, 1.54) is 77.0 Å². The van der Waals surface area contributed by atoms with Gasteiger partial charge in [0.15, 0.2) is 0 Å². The van der Waals surface area contributed by atoms with E-state index in [2.05, 4.69) is 31.9 Å². The molecule has 0 aromatic heterocycles. The number of piperidine rings is 5. The van der Waals surface area contributed by atoms with Crippen LogP contribution in [-0.4, -0.2) is 89.8 Å². The Bertz CT molecular complexity index is 680. The van der Waals surface area contributed by atoms with Crippen molar-refractivity contribution in [3.05, 3.63) is 55.5 Å². The van der Waals surface area contributed by atoms with Crippen molar-refractivity contribution in [1.29, 1.82) is 0 Å². The van der Waals surface area contributed by atoms with Crippen LogP contribution in [0.2, 0.25) is 0 Å². The molecule has 0 radical (unpaired) electrons. The third-order valence-electron chi connectivity index (χ3n) is 9.03. The average Bonchev–Trinajstić information content (AvgIpc) is 3.07. The molecular formula is C32H54N6O2Ru+2. The van der Waals surface area contributed by atoms with Crippen LogP contribution in [-0.2, 0) is 29.0 Å². The Morgan fingerprint density at radius 1 is 0.610 bits per heavy atom. The standard InChI is InChI=1S/C12H18N2O2.2C10H18N2.Ru/c1-15-9-3-5-13-11(7-9)12-8-10(16-2)4-6-14-12;2*1-3-7-11-9(5-1)10-6-2-4-8-12-10;/h3,7,10,12H,4-6,8H2,1-2H3;2*9-10H,1-8H2;/q3*-2;+8. The number of methoxy groups -OCH3 is 2. The Labute approximate surface area is 263 Å². The zero-order chi connectivity index (χ0) is 27.8. The van der Waals surface area contributed by atoms with Crippen molar-refractivity contribution >= 4 is 0 Å². The van der Waals surface area contributed by atoms with Crippen LogP contribution in [0.1, 0.15) is 89.9 Å². The number of hydrogen-bond acceptors (Lipinski definition) is 2. The third kappa shape index (κ3) is 12.2. The fourth-order valence-electron chi connectivity index (χ4n) is 6.59. The molecule has 6 heterocycles. The second-order valence-corrected chi connectivity index (χ2v) is 11.9. The van der Waals surface area contributed by atoms with E-state index < -0.39 is 0 Å². The molecule has 5 fully saturated rings. The number of nitrogens with zero attached hydrogens (tertiary/aromatic N) is 6. The van der Waals surface area contributed by atoms with E-state index in [-0.39, 0.29) is 25.5 Å². The Balaban J connectivity index is 0.000000169. The molecule has 9 heteroatoms. The van der Waals surface area contributed by atoms with Gasteiger partial charge in [-0.15, -0.1) is 45.3 Å². The first-order chi connectivity index (χ1) is 19.8. The molecule has 8 nitrogen and oxygen atoms in total. The predicted molar refractivity (Wildman–Crippen MR) is 167 cm³/mol. The Morgan fingerprint density at radius 3 is 1.49 bits per heavy atom. The molecule has 0 aliphatic carbocycles. The maximum absolute atomic E-state index is 5.39. The summed E-state index contributed by atoms with van der Waals surface area (Å²) in [5.74, 6) is 0.889. The summed E-state index contributed by atoms with van der Waals surface area (Å²) in [7, 11) is 3.45. The van der Waals surface area contributed by atoms with Crippen LogP contribution in [0.3, 0.4) is 0 Å². The molecule has 6 aliphatic heterocycles. The van der Waals surface area contributed by atoms with Gasteiger partial charge >= 0.3 is 19.5 Å². The molecule has 5 saturated heterocycles. The number of ether oxygens (including phenoxy) is 2. The summed E-state index contributed by atoms with van der Waals surface area (Å²) >= 11 is 0. The van der Waals surface area contributed by atoms with E-state index >= 15 is 0 Å². The van der Waals surface area contributed by atoms with Gasteiger partial charge in [-0.1, -0.05) is 83.1 Å². The third-order valence-corrected chi connectivity index (χ3v) is 9.03. The van der Waals surface area contributed by atoms with Gasteiger partial charge in [-0.25, -0.2) is 0 Å². The minimum absolute atomic E-state index is 0. The fourth-order valence-corrected chi connectivity index (χ4v) is 6.59. The average molecular weight is 656 g/mol. The summed E-state index contributed by atoms with van der Waals surface area (Å²) in [6.07, 6.45) is 22.2. The molecule has 6 rings (SSSR count). The smallest absolute Gasteiger partial charge is 0.686 e. The van der Waals surface area contributed by atoms with Gasteiger partial charge in [0, 0.05) is 7.11 Å². The van der Waals surface area contributed by atoms with E-state index in [4.69, 9.17) is 9.47 Å². The van der Waals surface area contributed by atoms with Crippen molar-refractivity contribution in [2.24, 2.45) is 0 Å². The molecular weight excluding hydrogens is 601 g/mol. The van der Waals surface area contributed by atoms with E-state index in [0.29, 0.717) is 36.8 Å². The SMILES string of the molecule is C1CCC(C2CCCC[N-]2)[N-]C1.C1CCC(C2CCCC[N-]2)[N-]C1.COC1=CC[N-]C(C2CC(OC)CC[N-]2)=C1.[Ru+8]. The van der Waals surface area contributed by atoms with Crippen LogP contribution in [0.25, 0.3) is 31.9 Å². The van der Waals surface area contributed by atoms with E-state index in [9.17, 15) is 0 Å². The molecule has 0 N–H and O–H groups in total. The second kappa shape index (κ2) is 20.4. The molecule has 230 valence electrons. The monoisotopic (exact) mass is 656 g/mol. The van der Waals surface area contributed by atoms with Crippen LogP contribution in [0.15, 0.2) is 23.6 Å². The van der Waals surface area contributed by atoms with Crippen molar-refractivity contribution in [3.63, 3.8) is 0 Å². The minimum Gasteiger partial charge on any atom is -0.686 e. The Morgan fingerprint density at radius 2 is 1.10 bits per heavy atom. The maximum Gasteiger partial charge on any atom is 8.00 e. The molecule has 0 aromatic carbocycles. The van der Waals surface area contributed by atoms with Crippen LogP contribution in [0.4, 0.5) is 0 Å².